The summed E-state index contributed by atoms with van der Waals surface area (Å²) in [6.45, 7) is 2.47. The Balaban J connectivity index is 1.71. The summed E-state index contributed by atoms with van der Waals surface area (Å²) in [5.74, 6) is 0.564. The molecule has 2 aliphatic heterocycles. The average molecular weight is 342 g/mol. The fourth-order valence-corrected chi connectivity index (χ4v) is 4.66. The summed E-state index contributed by atoms with van der Waals surface area (Å²) < 4.78 is 0. The first-order valence-corrected chi connectivity index (χ1v) is 8.89. The number of hydrogen-bond donors (Lipinski definition) is 1. The lowest BCUT2D eigenvalue weighted by Crippen LogP contribution is -2.57. The minimum atomic E-state index is 0.0146. The highest BCUT2D eigenvalue weighted by molar-refractivity contribution is 7.12. The van der Waals surface area contributed by atoms with Gasteiger partial charge in [0, 0.05) is 38.6 Å². The fourth-order valence-electron chi connectivity index (χ4n) is 3.56. The van der Waals surface area contributed by atoms with E-state index in [1.165, 1.54) is 11.3 Å². The third kappa shape index (κ3) is 2.87. The number of carbonyl (C=O) groups excluding carboxylic acids is 2. The number of amides is 2. The molecule has 5 nitrogen and oxygen atoms in total. The van der Waals surface area contributed by atoms with Crippen LogP contribution in [0, 0.1) is 5.92 Å². The van der Waals surface area contributed by atoms with Crippen LogP contribution in [0.3, 0.4) is 0 Å². The summed E-state index contributed by atoms with van der Waals surface area (Å²) in [5.41, 5.74) is 5.63. The van der Waals surface area contributed by atoms with Gasteiger partial charge in [-0.25, -0.2) is 0 Å². The Hall–Kier alpha value is -1.11. The molecule has 2 amide bonds. The van der Waals surface area contributed by atoms with Crippen LogP contribution < -0.4 is 5.73 Å². The van der Waals surface area contributed by atoms with Crippen LogP contribution in [0.4, 0.5) is 0 Å². The molecule has 0 spiro atoms. The van der Waals surface area contributed by atoms with Crippen molar-refractivity contribution in [1.29, 1.82) is 0 Å². The normalized spacial score (nSPS) is 25.3. The van der Waals surface area contributed by atoms with E-state index in [0.29, 0.717) is 48.4 Å². The standard InChI is InChI=1S/C15H20ClN3O2S/c16-11-4-8-22-14(11)15(21)18-6-3-12-10(9-18)1-2-13(20)19(12)7-5-17/h4,8,10,12H,1-3,5-7,9,17H2/t10-,12+/m0/s1. The molecular formula is C15H20ClN3O2S. The van der Waals surface area contributed by atoms with Gasteiger partial charge in [0.25, 0.3) is 5.91 Å². The number of carbonyl (C=O) groups is 2. The molecule has 22 heavy (non-hydrogen) atoms. The maximum Gasteiger partial charge on any atom is 0.265 e. The predicted molar refractivity (Wildman–Crippen MR) is 87.1 cm³/mol. The van der Waals surface area contributed by atoms with Crippen molar-refractivity contribution >= 4 is 34.8 Å². The molecule has 1 aromatic heterocycles. The van der Waals surface area contributed by atoms with E-state index in [2.05, 4.69) is 0 Å². The minimum Gasteiger partial charge on any atom is -0.338 e. The summed E-state index contributed by atoms with van der Waals surface area (Å²) in [4.78, 5) is 29.1. The van der Waals surface area contributed by atoms with E-state index in [4.69, 9.17) is 17.3 Å². The van der Waals surface area contributed by atoms with Crippen LogP contribution in [0.5, 0.6) is 0 Å². The van der Waals surface area contributed by atoms with Crippen molar-refractivity contribution in [2.45, 2.75) is 25.3 Å². The Labute approximate surface area is 139 Å². The van der Waals surface area contributed by atoms with Gasteiger partial charge in [0.15, 0.2) is 0 Å². The molecule has 0 unspecified atom stereocenters. The lowest BCUT2D eigenvalue weighted by Gasteiger charge is -2.47. The first kappa shape index (κ1) is 15.8. The Bertz CT molecular complexity index is 577. The van der Waals surface area contributed by atoms with Crippen LogP contribution in [0.25, 0.3) is 0 Å². The number of nitrogens with two attached hydrogens (primary N) is 1. The number of thiophene rings is 1. The van der Waals surface area contributed by atoms with Crippen LogP contribution in [0.1, 0.15) is 28.9 Å². The monoisotopic (exact) mass is 341 g/mol. The number of nitrogens with zero attached hydrogens (tertiary/aromatic N) is 2. The lowest BCUT2D eigenvalue weighted by molar-refractivity contribution is -0.140. The summed E-state index contributed by atoms with van der Waals surface area (Å²) >= 11 is 7.46. The van der Waals surface area contributed by atoms with Crippen LogP contribution in [0.15, 0.2) is 11.4 Å². The molecule has 2 N–H and O–H groups in total. The largest absolute Gasteiger partial charge is 0.338 e. The molecule has 7 heteroatoms. The second kappa shape index (κ2) is 6.56. The van der Waals surface area contributed by atoms with Gasteiger partial charge in [0.2, 0.25) is 5.91 Å². The van der Waals surface area contributed by atoms with Crippen molar-refractivity contribution < 1.29 is 9.59 Å². The highest BCUT2D eigenvalue weighted by Gasteiger charge is 2.40. The molecule has 120 valence electrons. The second-order valence-electron chi connectivity index (χ2n) is 5.88. The van der Waals surface area contributed by atoms with E-state index in [1.807, 2.05) is 15.2 Å². The molecule has 3 rings (SSSR count). The van der Waals surface area contributed by atoms with Crippen molar-refractivity contribution in [3.8, 4) is 0 Å². The van der Waals surface area contributed by atoms with Gasteiger partial charge in [0.1, 0.15) is 4.88 Å². The molecule has 2 aliphatic rings. The molecule has 0 bridgehead atoms. The Morgan fingerprint density at radius 3 is 2.95 bits per heavy atom. The highest BCUT2D eigenvalue weighted by atomic mass is 35.5. The summed E-state index contributed by atoms with van der Waals surface area (Å²) in [6.07, 6.45) is 2.24. The Morgan fingerprint density at radius 1 is 1.45 bits per heavy atom. The smallest absolute Gasteiger partial charge is 0.265 e. The van der Waals surface area contributed by atoms with Crippen molar-refractivity contribution in [3.05, 3.63) is 21.3 Å². The van der Waals surface area contributed by atoms with Gasteiger partial charge in [-0.3, -0.25) is 9.59 Å². The van der Waals surface area contributed by atoms with Gasteiger partial charge in [-0.15, -0.1) is 11.3 Å². The zero-order valence-electron chi connectivity index (χ0n) is 12.3. The molecule has 0 saturated carbocycles. The zero-order valence-corrected chi connectivity index (χ0v) is 13.9. The fraction of sp³-hybridized carbons (Fsp3) is 0.600. The molecule has 0 aliphatic carbocycles. The molecular weight excluding hydrogens is 322 g/mol. The minimum absolute atomic E-state index is 0.0146. The quantitative estimate of drug-likeness (QED) is 0.911. The Morgan fingerprint density at radius 2 is 2.27 bits per heavy atom. The van der Waals surface area contributed by atoms with Gasteiger partial charge in [-0.2, -0.15) is 0 Å². The van der Waals surface area contributed by atoms with E-state index in [0.717, 1.165) is 12.8 Å². The summed E-state index contributed by atoms with van der Waals surface area (Å²) in [7, 11) is 0. The van der Waals surface area contributed by atoms with Gasteiger partial charge < -0.3 is 15.5 Å². The van der Waals surface area contributed by atoms with Crippen molar-refractivity contribution in [2.75, 3.05) is 26.2 Å². The number of piperidine rings is 2. The van der Waals surface area contributed by atoms with E-state index in [9.17, 15) is 9.59 Å². The Kier molecular flexibility index (Phi) is 4.70. The maximum absolute atomic E-state index is 12.6. The maximum atomic E-state index is 12.6. The number of rotatable bonds is 3. The molecule has 2 fully saturated rings. The number of likely N-dealkylation sites (tertiary alicyclic amines) is 2. The van der Waals surface area contributed by atoms with E-state index in [-0.39, 0.29) is 17.9 Å². The van der Waals surface area contributed by atoms with Gasteiger partial charge in [-0.05, 0) is 30.2 Å². The van der Waals surface area contributed by atoms with Crippen LogP contribution >= 0.6 is 22.9 Å². The second-order valence-corrected chi connectivity index (χ2v) is 7.20. The summed E-state index contributed by atoms with van der Waals surface area (Å²) in [5, 5.41) is 2.37. The van der Waals surface area contributed by atoms with Crippen molar-refractivity contribution in [2.24, 2.45) is 11.7 Å². The zero-order chi connectivity index (χ0) is 15.7. The number of fused-ring (bicyclic) bond motifs is 1. The topological polar surface area (TPSA) is 66.6 Å². The van der Waals surface area contributed by atoms with E-state index < -0.39 is 0 Å². The van der Waals surface area contributed by atoms with Crippen LogP contribution in [-0.4, -0.2) is 53.8 Å². The van der Waals surface area contributed by atoms with Gasteiger partial charge in [-0.1, -0.05) is 11.6 Å². The highest BCUT2D eigenvalue weighted by Crippen LogP contribution is 2.33. The average Bonchev–Trinajstić information content (AvgIpc) is 2.95. The van der Waals surface area contributed by atoms with Crippen molar-refractivity contribution in [3.63, 3.8) is 0 Å². The third-order valence-corrected chi connectivity index (χ3v) is 5.94. The van der Waals surface area contributed by atoms with E-state index >= 15 is 0 Å². The van der Waals surface area contributed by atoms with Crippen LogP contribution in [-0.2, 0) is 4.79 Å². The first-order valence-electron chi connectivity index (χ1n) is 7.63. The first-order chi connectivity index (χ1) is 10.6. The predicted octanol–water partition coefficient (Wildman–Crippen LogP) is 1.81. The lowest BCUT2D eigenvalue weighted by atomic mass is 9.83. The third-order valence-electron chi connectivity index (χ3n) is 4.61. The number of halogens is 1. The molecule has 0 aromatic carbocycles. The molecule has 2 atom stereocenters. The summed E-state index contributed by atoms with van der Waals surface area (Å²) in [6, 6.07) is 1.99. The molecule has 2 saturated heterocycles. The number of hydrogen-bond acceptors (Lipinski definition) is 4. The molecule has 3 heterocycles. The molecule has 0 radical (unpaired) electrons. The molecule has 1 aromatic rings. The van der Waals surface area contributed by atoms with Gasteiger partial charge in [0.05, 0.1) is 5.02 Å². The van der Waals surface area contributed by atoms with Gasteiger partial charge >= 0.3 is 0 Å². The van der Waals surface area contributed by atoms with E-state index in [1.54, 1.807) is 6.07 Å². The SMILES string of the molecule is NCCN1C(=O)CC[C@H]2CN(C(=O)c3sccc3Cl)CC[C@H]21. The van der Waals surface area contributed by atoms with Crippen molar-refractivity contribution in [1.82, 2.24) is 9.80 Å². The van der Waals surface area contributed by atoms with Crippen LogP contribution in [0.2, 0.25) is 5.02 Å².